The second-order valence-electron chi connectivity index (χ2n) is 9.21. The average Bonchev–Trinajstić information content (AvgIpc) is 2.81. The van der Waals surface area contributed by atoms with E-state index in [4.69, 9.17) is 15.2 Å². The van der Waals surface area contributed by atoms with Gasteiger partial charge in [-0.1, -0.05) is 17.7 Å². The number of carbonyl (C=O) groups excluding carboxylic acids is 2. The van der Waals surface area contributed by atoms with Crippen LogP contribution in [0.2, 0.25) is 0 Å². The lowest BCUT2D eigenvalue weighted by Gasteiger charge is -2.38. The van der Waals surface area contributed by atoms with Crippen molar-refractivity contribution < 1.29 is 19.1 Å². The van der Waals surface area contributed by atoms with Crippen LogP contribution < -0.4 is 20.5 Å². The molecule has 2 aromatic rings. The molecule has 0 unspecified atom stereocenters. The molecule has 1 heterocycles. The summed E-state index contributed by atoms with van der Waals surface area (Å²) in [5.74, 6) is 0.916. The zero-order valence-electron chi connectivity index (χ0n) is 21.5. The quantitative estimate of drug-likeness (QED) is 0.531. The Bertz CT molecular complexity index is 1020. The van der Waals surface area contributed by atoms with E-state index >= 15 is 0 Å². The highest BCUT2D eigenvalue weighted by Crippen LogP contribution is 2.29. The molecule has 190 valence electrons. The molecule has 3 N–H and O–H groups in total. The Morgan fingerprint density at radius 2 is 1.74 bits per heavy atom. The number of likely N-dealkylation sites (N-methyl/N-ethyl adjacent to an activating group) is 1. The van der Waals surface area contributed by atoms with Crippen molar-refractivity contribution in [3.63, 3.8) is 0 Å². The van der Waals surface area contributed by atoms with Gasteiger partial charge in [-0.3, -0.25) is 14.5 Å². The summed E-state index contributed by atoms with van der Waals surface area (Å²) in [7, 11) is 1.55. The second kappa shape index (κ2) is 11.9. The van der Waals surface area contributed by atoms with Crippen LogP contribution in [0.4, 0.5) is 11.4 Å². The van der Waals surface area contributed by atoms with Crippen molar-refractivity contribution in [3.8, 4) is 11.5 Å². The van der Waals surface area contributed by atoms with Crippen molar-refractivity contribution in [1.29, 1.82) is 0 Å². The Kier molecular flexibility index (Phi) is 8.98. The lowest BCUT2D eigenvalue weighted by Crippen LogP contribution is -2.49. The van der Waals surface area contributed by atoms with Gasteiger partial charge in [0.2, 0.25) is 5.91 Å². The Balaban J connectivity index is 1.50. The first-order valence-electron chi connectivity index (χ1n) is 12.2. The predicted octanol–water partition coefficient (Wildman–Crippen LogP) is 3.53. The van der Waals surface area contributed by atoms with E-state index < -0.39 is 0 Å². The predicted molar refractivity (Wildman–Crippen MR) is 139 cm³/mol. The smallest absolute Gasteiger partial charge is 0.260 e. The van der Waals surface area contributed by atoms with Gasteiger partial charge in [-0.15, -0.1) is 0 Å². The van der Waals surface area contributed by atoms with Gasteiger partial charge < -0.3 is 25.4 Å². The molecule has 3 rings (SSSR count). The molecule has 2 aromatic carbocycles. The van der Waals surface area contributed by atoms with Gasteiger partial charge in [0.25, 0.3) is 5.91 Å². The Labute approximate surface area is 208 Å². The Morgan fingerprint density at radius 3 is 2.34 bits per heavy atom. The summed E-state index contributed by atoms with van der Waals surface area (Å²) in [6, 6.07) is 9.39. The number of likely N-dealkylation sites (tertiary alicyclic amines) is 1. The summed E-state index contributed by atoms with van der Waals surface area (Å²) < 4.78 is 11.0. The molecule has 0 bridgehead atoms. The minimum Gasteiger partial charge on any atom is -0.493 e. The van der Waals surface area contributed by atoms with E-state index in [1.54, 1.807) is 25.3 Å². The van der Waals surface area contributed by atoms with Gasteiger partial charge >= 0.3 is 0 Å². The maximum absolute atomic E-state index is 12.9. The summed E-state index contributed by atoms with van der Waals surface area (Å²) in [4.78, 5) is 29.6. The second-order valence-corrected chi connectivity index (χ2v) is 9.21. The first-order valence-corrected chi connectivity index (χ1v) is 12.2. The summed E-state index contributed by atoms with van der Waals surface area (Å²) in [5.41, 5.74) is 10.6. The molecule has 0 saturated carbocycles. The number of benzene rings is 2. The molecule has 0 aliphatic carbocycles. The molecule has 1 fully saturated rings. The number of carbonyl (C=O) groups is 2. The van der Waals surface area contributed by atoms with Crippen molar-refractivity contribution in [1.82, 2.24) is 9.80 Å². The molecule has 1 aliphatic rings. The monoisotopic (exact) mass is 482 g/mol. The van der Waals surface area contributed by atoms with E-state index in [1.807, 2.05) is 25.7 Å². The highest BCUT2D eigenvalue weighted by molar-refractivity contribution is 5.93. The van der Waals surface area contributed by atoms with Crippen LogP contribution in [-0.2, 0) is 9.59 Å². The van der Waals surface area contributed by atoms with Crippen LogP contribution in [0.1, 0.15) is 36.5 Å². The third-order valence-electron chi connectivity index (χ3n) is 6.51. The number of hydrogen-bond donors (Lipinski definition) is 2. The number of ether oxygens (including phenoxy) is 2. The molecular weight excluding hydrogens is 444 g/mol. The minimum atomic E-state index is -0.0779. The number of nitrogens with two attached hydrogens (primary N) is 1. The number of piperidine rings is 1. The van der Waals surface area contributed by atoms with Crippen molar-refractivity contribution in [2.24, 2.45) is 0 Å². The molecular formula is C27H38N4O4. The molecule has 2 amide bonds. The third-order valence-corrected chi connectivity index (χ3v) is 6.51. The van der Waals surface area contributed by atoms with E-state index in [0.29, 0.717) is 30.3 Å². The van der Waals surface area contributed by atoms with Crippen molar-refractivity contribution in [2.45, 2.75) is 46.6 Å². The average molecular weight is 483 g/mol. The number of nitrogens with one attached hydrogen (secondary N) is 1. The molecule has 35 heavy (non-hydrogen) atoms. The standard InChI is InChI=1S/C27H38N4O4/c1-6-31(26(33)17-35-24-15-21(28)7-8-23(24)34-5)22-9-11-30(12-10-22)16-25(32)29-27-19(3)13-18(2)14-20(27)4/h7-8,13-15,22H,6,9-12,16-17,28H2,1-5H3,(H,29,32). The van der Waals surface area contributed by atoms with E-state index in [1.165, 1.54) is 5.56 Å². The summed E-state index contributed by atoms with van der Waals surface area (Å²) in [6.45, 7) is 10.5. The van der Waals surface area contributed by atoms with Crippen LogP contribution >= 0.6 is 0 Å². The first kappa shape index (κ1) is 26.3. The fourth-order valence-corrected chi connectivity index (χ4v) is 4.82. The fourth-order valence-electron chi connectivity index (χ4n) is 4.82. The summed E-state index contributed by atoms with van der Waals surface area (Å²) in [6.07, 6.45) is 1.63. The topological polar surface area (TPSA) is 97.1 Å². The number of nitrogens with zero attached hydrogens (tertiary/aromatic N) is 2. The molecule has 8 nitrogen and oxygen atoms in total. The van der Waals surface area contributed by atoms with Gasteiger partial charge in [-0.2, -0.15) is 0 Å². The van der Waals surface area contributed by atoms with Crippen LogP contribution in [0, 0.1) is 20.8 Å². The lowest BCUT2D eigenvalue weighted by molar-refractivity contribution is -0.136. The molecule has 0 spiro atoms. The van der Waals surface area contributed by atoms with Gasteiger partial charge in [0.05, 0.1) is 13.7 Å². The number of amides is 2. The van der Waals surface area contributed by atoms with Crippen molar-refractivity contribution in [2.75, 3.05) is 50.9 Å². The Morgan fingerprint density at radius 1 is 1.09 bits per heavy atom. The maximum Gasteiger partial charge on any atom is 0.260 e. The van der Waals surface area contributed by atoms with Gasteiger partial charge in [0, 0.05) is 43.1 Å². The normalized spacial score (nSPS) is 14.4. The zero-order chi connectivity index (χ0) is 25.5. The number of methoxy groups -OCH3 is 1. The fraction of sp³-hybridized carbons (Fsp3) is 0.481. The third kappa shape index (κ3) is 6.88. The molecule has 0 atom stereocenters. The summed E-state index contributed by atoms with van der Waals surface area (Å²) in [5, 5.41) is 3.08. The van der Waals surface area contributed by atoms with E-state index in [-0.39, 0.29) is 24.5 Å². The van der Waals surface area contributed by atoms with E-state index in [2.05, 4.69) is 29.3 Å². The molecule has 1 saturated heterocycles. The first-order chi connectivity index (χ1) is 16.7. The highest BCUT2D eigenvalue weighted by Gasteiger charge is 2.28. The van der Waals surface area contributed by atoms with Gasteiger partial charge in [0.1, 0.15) is 0 Å². The maximum atomic E-state index is 12.9. The highest BCUT2D eigenvalue weighted by atomic mass is 16.5. The molecule has 0 aromatic heterocycles. The van der Waals surface area contributed by atoms with Gasteiger partial charge in [-0.25, -0.2) is 0 Å². The zero-order valence-corrected chi connectivity index (χ0v) is 21.5. The van der Waals surface area contributed by atoms with Crippen molar-refractivity contribution >= 4 is 23.2 Å². The van der Waals surface area contributed by atoms with Crippen molar-refractivity contribution in [3.05, 3.63) is 47.0 Å². The minimum absolute atomic E-state index is 0.00796. The van der Waals surface area contributed by atoms with Crippen LogP contribution in [0.3, 0.4) is 0 Å². The van der Waals surface area contributed by atoms with E-state index in [0.717, 1.165) is 42.7 Å². The largest absolute Gasteiger partial charge is 0.493 e. The number of anilines is 2. The number of hydrogen-bond acceptors (Lipinski definition) is 6. The van der Waals surface area contributed by atoms with Gasteiger partial charge in [0.15, 0.2) is 18.1 Å². The number of nitrogen functional groups attached to an aromatic ring is 1. The van der Waals surface area contributed by atoms with E-state index in [9.17, 15) is 9.59 Å². The van der Waals surface area contributed by atoms with Crippen LogP contribution in [0.15, 0.2) is 30.3 Å². The van der Waals surface area contributed by atoms with Crippen LogP contribution in [-0.4, -0.2) is 67.6 Å². The summed E-state index contributed by atoms with van der Waals surface area (Å²) >= 11 is 0. The number of aryl methyl sites for hydroxylation is 3. The molecule has 1 aliphatic heterocycles. The molecule has 8 heteroatoms. The SMILES string of the molecule is CCN(C(=O)COc1cc(N)ccc1OC)C1CCN(CC(=O)Nc2c(C)cc(C)cc2C)CC1. The Hall–Kier alpha value is -3.26. The number of rotatable bonds is 9. The van der Waals surface area contributed by atoms with Gasteiger partial charge in [-0.05, 0) is 63.8 Å². The lowest BCUT2D eigenvalue weighted by atomic mass is 10.0. The van der Waals surface area contributed by atoms with Crippen LogP contribution in [0.25, 0.3) is 0 Å². The van der Waals surface area contributed by atoms with Crippen LogP contribution in [0.5, 0.6) is 11.5 Å². The molecule has 0 radical (unpaired) electrons.